The second-order valence-corrected chi connectivity index (χ2v) is 3.55. The van der Waals surface area contributed by atoms with Crippen molar-refractivity contribution in [2.45, 2.75) is 26.4 Å². The Morgan fingerprint density at radius 3 is 2.79 bits per heavy atom. The maximum atomic E-state index is 13.1. The molecule has 0 spiro atoms. The summed E-state index contributed by atoms with van der Waals surface area (Å²) in [7, 11) is 0. The van der Waals surface area contributed by atoms with Gasteiger partial charge in [0.25, 0.3) is 0 Å². The zero-order chi connectivity index (χ0) is 10.6. The van der Waals surface area contributed by atoms with Crippen LogP contribution in [0.1, 0.15) is 18.1 Å². The van der Waals surface area contributed by atoms with E-state index >= 15 is 0 Å². The Kier molecular flexibility index (Phi) is 4.04. The van der Waals surface area contributed by atoms with Crippen molar-refractivity contribution in [2.24, 2.45) is 0 Å². The molecule has 0 unspecified atom stereocenters. The SMILES string of the molecule is Cc1ccc(CN[C@@H](C)CO)cc1F. The van der Waals surface area contributed by atoms with Crippen LogP contribution in [-0.2, 0) is 6.54 Å². The lowest BCUT2D eigenvalue weighted by Crippen LogP contribution is -2.28. The van der Waals surface area contributed by atoms with Gasteiger partial charge in [0.2, 0.25) is 0 Å². The van der Waals surface area contributed by atoms with Gasteiger partial charge in [-0.15, -0.1) is 0 Å². The Balaban J connectivity index is 2.55. The third-order valence-corrected chi connectivity index (χ3v) is 2.16. The highest BCUT2D eigenvalue weighted by molar-refractivity contribution is 5.23. The minimum absolute atomic E-state index is 0.0411. The van der Waals surface area contributed by atoms with Crippen LogP contribution in [0.25, 0.3) is 0 Å². The van der Waals surface area contributed by atoms with E-state index in [0.29, 0.717) is 12.1 Å². The summed E-state index contributed by atoms with van der Waals surface area (Å²) >= 11 is 0. The third kappa shape index (κ3) is 3.09. The van der Waals surface area contributed by atoms with E-state index in [-0.39, 0.29) is 18.5 Å². The number of nitrogens with one attached hydrogen (secondary N) is 1. The van der Waals surface area contributed by atoms with Gasteiger partial charge >= 0.3 is 0 Å². The van der Waals surface area contributed by atoms with E-state index in [2.05, 4.69) is 5.32 Å². The number of hydrogen-bond donors (Lipinski definition) is 2. The molecule has 0 aliphatic heterocycles. The Labute approximate surface area is 83.8 Å². The van der Waals surface area contributed by atoms with E-state index in [1.165, 1.54) is 6.07 Å². The predicted octanol–water partition coefficient (Wildman–Crippen LogP) is 1.60. The van der Waals surface area contributed by atoms with Gasteiger partial charge < -0.3 is 10.4 Å². The van der Waals surface area contributed by atoms with Crippen LogP contribution in [0.2, 0.25) is 0 Å². The highest BCUT2D eigenvalue weighted by Crippen LogP contribution is 2.08. The maximum absolute atomic E-state index is 13.1. The Morgan fingerprint density at radius 1 is 1.50 bits per heavy atom. The highest BCUT2D eigenvalue weighted by atomic mass is 19.1. The largest absolute Gasteiger partial charge is 0.395 e. The van der Waals surface area contributed by atoms with Crippen molar-refractivity contribution in [3.63, 3.8) is 0 Å². The molecule has 2 nitrogen and oxygen atoms in total. The first kappa shape index (κ1) is 11.1. The Bertz CT molecular complexity index is 301. The average Bonchev–Trinajstić information content (AvgIpc) is 2.19. The summed E-state index contributed by atoms with van der Waals surface area (Å²) in [5, 5.41) is 11.9. The molecule has 0 heterocycles. The first-order chi connectivity index (χ1) is 6.63. The van der Waals surface area contributed by atoms with Crippen molar-refractivity contribution >= 4 is 0 Å². The van der Waals surface area contributed by atoms with E-state index in [1.807, 2.05) is 13.0 Å². The summed E-state index contributed by atoms with van der Waals surface area (Å²) in [4.78, 5) is 0. The summed E-state index contributed by atoms with van der Waals surface area (Å²) in [5.41, 5.74) is 1.55. The molecular weight excluding hydrogens is 181 g/mol. The van der Waals surface area contributed by atoms with E-state index < -0.39 is 0 Å². The van der Waals surface area contributed by atoms with Crippen molar-refractivity contribution < 1.29 is 9.50 Å². The zero-order valence-corrected chi connectivity index (χ0v) is 8.55. The van der Waals surface area contributed by atoms with Crippen LogP contribution in [0.5, 0.6) is 0 Å². The number of aryl methyl sites for hydroxylation is 1. The van der Waals surface area contributed by atoms with Crippen molar-refractivity contribution in [3.05, 3.63) is 35.1 Å². The minimum Gasteiger partial charge on any atom is -0.395 e. The molecular formula is C11H16FNO. The van der Waals surface area contributed by atoms with Crippen LogP contribution in [-0.4, -0.2) is 17.8 Å². The van der Waals surface area contributed by atoms with Crippen LogP contribution in [0.3, 0.4) is 0 Å². The fourth-order valence-corrected chi connectivity index (χ4v) is 1.10. The Morgan fingerprint density at radius 2 is 2.21 bits per heavy atom. The fraction of sp³-hybridized carbons (Fsp3) is 0.455. The molecule has 0 fully saturated rings. The molecule has 78 valence electrons. The van der Waals surface area contributed by atoms with Crippen LogP contribution in [0.4, 0.5) is 4.39 Å². The summed E-state index contributed by atoms with van der Waals surface area (Å²) in [6.07, 6.45) is 0. The minimum atomic E-state index is -0.180. The molecule has 0 aliphatic carbocycles. The highest BCUT2D eigenvalue weighted by Gasteiger charge is 2.01. The molecule has 0 aliphatic rings. The van der Waals surface area contributed by atoms with Gasteiger partial charge in [-0.05, 0) is 31.0 Å². The first-order valence-electron chi connectivity index (χ1n) is 4.72. The monoisotopic (exact) mass is 197 g/mol. The molecule has 0 amide bonds. The molecule has 14 heavy (non-hydrogen) atoms. The molecule has 1 rings (SSSR count). The Hall–Kier alpha value is -0.930. The molecule has 0 bridgehead atoms. The van der Waals surface area contributed by atoms with Crippen molar-refractivity contribution in [3.8, 4) is 0 Å². The number of hydrogen-bond acceptors (Lipinski definition) is 2. The second kappa shape index (κ2) is 5.08. The topological polar surface area (TPSA) is 32.3 Å². The van der Waals surface area contributed by atoms with Crippen LogP contribution in [0, 0.1) is 12.7 Å². The molecule has 2 N–H and O–H groups in total. The quantitative estimate of drug-likeness (QED) is 0.768. The van der Waals surface area contributed by atoms with Gasteiger partial charge in [0.05, 0.1) is 6.61 Å². The molecule has 0 saturated carbocycles. The smallest absolute Gasteiger partial charge is 0.126 e. The lowest BCUT2D eigenvalue weighted by molar-refractivity contribution is 0.251. The van der Waals surface area contributed by atoms with Crippen LogP contribution < -0.4 is 5.32 Å². The lowest BCUT2D eigenvalue weighted by Gasteiger charge is -2.10. The normalized spacial score (nSPS) is 12.9. The zero-order valence-electron chi connectivity index (χ0n) is 8.55. The third-order valence-electron chi connectivity index (χ3n) is 2.16. The van der Waals surface area contributed by atoms with Gasteiger partial charge in [-0.3, -0.25) is 0 Å². The second-order valence-electron chi connectivity index (χ2n) is 3.55. The molecule has 0 radical (unpaired) electrons. The van der Waals surface area contributed by atoms with Crippen molar-refractivity contribution in [1.82, 2.24) is 5.32 Å². The summed E-state index contributed by atoms with van der Waals surface area (Å²) < 4.78 is 13.1. The van der Waals surface area contributed by atoms with Gasteiger partial charge in [-0.2, -0.15) is 0 Å². The van der Waals surface area contributed by atoms with Gasteiger partial charge in [-0.25, -0.2) is 4.39 Å². The number of halogens is 1. The van der Waals surface area contributed by atoms with Gasteiger partial charge in [0.15, 0.2) is 0 Å². The molecule has 0 saturated heterocycles. The van der Waals surface area contributed by atoms with E-state index in [9.17, 15) is 4.39 Å². The van der Waals surface area contributed by atoms with Gasteiger partial charge in [0.1, 0.15) is 5.82 Å². The van der Waals surface area contributed by atoms with Gasteiger partial charge in [-0.1, -0.05) is 12.1 Å². The number of aliphatic hydroxyl groups excluding tert-OH is 1. The number of benzene rings is 1. The predicted molar refractivity (Wildman–Crippen MR) is 54.5 cm³/mol. The van der Waals surface area contributed by atoms with E-state index in [0.717, 1.165) is 5.56 Å². The summed E-state index contributed by atoms with van der Waals surface area (Å²) in [6, 6.07) is 5.21. The van der Waals surface area contributed by atoms with Crippen molar-refractivity contribution in [1.29, 1.82) is 0 Å². The standard InChI is InChI=1S/C11H16FNO/c1-8-3-4-10(5-11(8)12)6-13-9(2)7-14/h3-5,9,13-14H,6-7H2,1-2H3/t9-/m0/s1. The first-order valence-corrected chi connectivity index (χ1v) is 4.72. The summed E-state index contributed by atoms with van der Waals surface area (Å²) in [6.45, 7) is 4.29. The molecule has 3 heteroatoms. The molecule has 0 aromatic heterocycles. The molecule has 1 atom stereocenters. The summed E-state index contributed by atoms with van der Waals surface area (Å²) in [5.74, 6) is -0.180. The van der Waals surface area contributed by atoms with Crippen molar-refractivity contribution in [2.75, 3.05) is 6.61 Å². The maximum Gasteiger partial charge on any atom is 0.126 e. The number of aliphatic hydroxyl groups is 1. The average molecular weight is 197 g/mol. The van der Waals surface area contributed by atoms with Crippen LogP contribution >= 0.6 is 0 Å². The molecule has 1 aromatic carbocycles. The lowest BCUT2D eigenvalue weighted by atomic mass is 10.1. The van der Waals surface area contributed by atoms with E-state index in [1.54, 1.807) is 13.0 Å². The number of rotatable bonds is 4. The fourth-order valence-electron chi connectivity index (χ4n) is 1.10. The van der Waals surface area contributed by atoms with Crippen LogP contribution in [0.15, 0.2) is 18.2 Å². The van der Waals surface area contributed by atoms with E-state index in [4.69, 9.17) is 5.11 Å². The van der Waals surface area contributed by atoms with Gasteiger partial charge in [0, 0.05) is 12.6 Å². The molecule has 1 aromatic rings.